The molecule has 1 aromatic carbocycles. The molecular weight excluding hydrogens is 290 g/mol. The first kappa shape index (κ1) is 19.6. The van der Waals surface area contributed by atoms with Crippen LogP contribution in [0.4, 0.5) is 0 Å². The highest BCUT2D eigenvalue weighted by Crippen LogP contribution is 2.12. The molecule has 0 unspecified atom stereocenters. The summed E-state index contributed by atoms with van der Waals surface area (Å²) in [5.74, 6) is -4.20. The molecule has 22 heavy (non-hydrogen) atoms. The van der Waals surface area contributed by atoms with E-state index in [2.05, 4.69) is 25.7 Å². The summed E-state index contributed by atoms with van der Waals surface area (Å²) < 4.78 is 0. The number of nitrogens with zero attached hydrogens (tertiary/aromatic N) is 1. The van der Waals surface area contributed by atoms with E-state index in [0.717, 1.165) is 18.2 Å². The van der Waals surface area contributed by atoms with Crippen LogP contribution in [0.3, 0.4) is 0 Å². The normalized spacial score (nSPS) is 9.82. The van der Waals surface area contributed by atoms with Crippen molar-refractivity contribution in [3.8, 4) is 0 Å². The largest absolute Gasteiger partial charge is 0.478 e. The van der Waals surface area contributed by atoms with Crippen LogP contribution in [0.1, 0.15) is 51.8 Å². The first-order valence-corrected chi connectivity index (χ1v) is 6.84. The van der Waals surface area contributed by atoms with E-state index in [9.17, 15) is 14.4 Å². The van der Waals surface area contributed by atoms with Gasteiger partial charge in [0.15, 0.2) is 0 Å². The third-order valence-corrected chi connectivity index (χ3v) is 3.07. The monoisotopic (exact) mass is 311 g/mol. The number of carboxylic acid groups (broad SMARTS) is 3. The molecule has 0 aliphatic heterocycles. The average Bonchev–Trinajstić information content (AvgIpc) is 2.48. The van der Waals surface area contributed by atoms with E-state index < -0.39 is 29.0 Å². The van der Waals surface area contributed by atoms with Crippen molar-refractivity contribution in [2.45, 2.75) is 20.8 Å². The Morgan fingerprint density at radius 3 is 1.55 bits per heavy atom. The van der Waals surface area contributed by atoms with Crippen molar-refractivity contribution in [1.82, 2.24) is 4.90 Å². The van der Waals surface area contributed by atoms with Gasteiger partial charge < -0.3 is 20.2 Å². The molecule has 0 saturated carbocycles. The lowest BCUT2D eigenvalue weighted by Gasteiger charge is -2.13. The summed E-state index contributed by atoms with van der Waals surface area (Å²) >= 11 is 0. The maximum atomic E-state index is 10.6. The number of hydrogen-bond acceptors (Lipinski definition) is 4. The van der Waals surface area contributed by atoms with Gasteiger partial charge in [-0.05, 0) is 37.8 Å². The fourth-order valence-corrected chi connectivity index (χ4v) is 1.71. The summed E-state index contributed by atoms with van der Waals surface area (Å²) in [5.41, 5.74) is -1.24. The van der Waals surface area contributed by atoms with Crippen LogP contribution in [0.25, 0.3) is 0 Å². The zero-order valence-electron chi connectivity index (χ0n) is 12.9. The zero-order valence-corrected chi connectivity index (χ0v) is 12.9. The van der Waals surface area contributed by atoms with Crippen LogP contribution in [0.2, 0.25) is 0 Å². The van der Waals surface area contributed by atoms with E-state index in [1.807, 2.05) is 0 Å². The second-order valence-corrected chi connectivity index (χ2v) is 4.30. The Hall–Kier alpha value is -2.41. The minimum Gasteiger partial charge on any atom is -0.478 e. The highest BCUT2D eigenvalue weighted by Gasteiger charge is 2.17. The second kappa shape index (κ2) is 9.51. The number of benzene rings is 1. The summed E-state index contributed by atoms with van der Waals surface area (Å²) in [4.78, 5) is 34.1. The zero-order chi connectivity index (χ0) is 17.3. The van der Waals surface area contributed by atoms with Gasteiger partial charge in [-0.2, -0.15) is 0 Å². The number of carbonyl (C=O) groups is 3. The van der Waals surface area contributed by atoms with Gasteiger partial charge in [0.2, 0.25) is 0 Å². The number of aromatic carboxylic acids is 3. The molecule has 1 aromatic rings. The van der Waals surface area contributed by atoms with E-state index in [-0.39, 0.29) is 5.56 Å². The van der Waals surface area contributed by atoms with E-state index in [4.69, 9.17) is 15.3 Å². The number of hydrogen-bond donors (Lipinski definition) is 3. The molecule has 0 atom stereocenters. The molecule has 7 nitrogen and oxygen atoms in total. The highest BCUT2D eigenvalue weighted by molar-refractivity contribution is 6.03. The molecule has 0 heterocycles. The average molecular weight is 311 g/mol. The van der Waals surface area contributed by atoms with Crippen molar-refractivity contribution in [2.24, 2.45) is 0 Å². The predicted molar refractivity (Wildman–Crippen MR) is 80.8 cm³/mol. The minimum absolute atomic E-state index is 0.266. The van der Waals surface area contributed by atoms with Crippen molar-refractivity contribution in [2.75, 3.05) is 19.6 Å². The van der Waals surface area contributed by atoms with Gasteiger partial charge in [-0.25, -0.2) is 14.4 Å². The fourth-order valence-electron chi connectivity index (χ4n) is 1.71. The van der Waals surface area contributed by atoms with Crippen LogP contribution in [0.15, 0.2) is 18.2 Å². The molecule has 0 aliphatic carbocycles. The third-order valence-electron chi connectivity index (χ3n) is 3.07. The topological polar surface area (TPSA) is 115 Å². The van der Waals surface area contributed by atoms with Gasteiger partial charge in [-0.15, -0.1) is 0 Å². The Kier molecular flexibility index (Phi) is 8.47. The van der Waals surface area contributed by atoms with Gasteiger partial charge in [0, 0.05) is 0 Å². The summed E-state index contributed by atoms with van der Waals surface area (Å²) in [6.45, 7) is 10.1. The van der Waals surface area contributed by atoms with E-state index in [1.165, 1.54) is 19.6 Å². The molecular formula is C15H21NO6. The van der Waals surface area contributed by atoms with Gasteiger partial charge in [0.1, 0.15) is 0 Å². The Morgan fingerprint density at radius 1 is 0.818 bits per heavy atom. The Morgan fingerprint density at radius 2 is 1.27 bits per heavy atom. The Labute approximate surface area is 128 Å². The van der Waals surface area contributed by atoms with Gasteiger partial charge in [-0.3, -0.25) is 0 Å². The summed E-state index contributed by atoms with van der Waals surface area (Å²) in [6, 6.07) is 2.81. The van der Waals surface area contributed by atoms with Crippen LogP contribution in [-0.4, -0.2) is 57.8 Å². The molecule has 122 valence electrons. The minimum atomic E-state index is -1.48. The van der Waals surface area contributed by atoms with Crippen LogP contribution in [0.5, 0.6) is 0 Å². The van der Waals surface area contributed by atoms with Crippen LogP contribution in [-0.2, 0) is 0 Å². The molecule has 3 N–H and O–H groups in total. The molecule has 0 bridgehead atoms. The van der Waals surface area contributed by atoms with Crippen molar-refractivity contribution in [3.63, 3.8) is 0 Å². The highest BCUT2D eigenvalue weighted by atomic mass is 16.4. The molecule has 0 fully saturated rings. The molecule has 1 rings (SSSR count). The summed E-state index contributed by atoms with van der Waals surface area (Å²) in [6.07, 6.45) is 0. The number of carboxylic acids is 3. The molecule has 0 aliphatic rings. The molecule has 7 heteroatoms. The van der Waals surface area contributed by atoms with Crippen molar-refractivity contribution >= 4 is 17.9 Å². The third kappa shape index (κ3) is 5.92. The first-order valence-electron chi connectivity index (χ1n) is 6.84. The van der Waals surface area contributed by atoms with Gasteiger partial charge in [0.05, 0.1) is 16.7 Å². The van der Waals surface area contributed by atoms with Crippen molar-refractivity contribution in [3.05, 3.63) is 34.9 Å². The van der Waals surface area contributed by atoms with Gasteiger partial charge in [0.25, 0.3) is 0 Å². The fraction of sp³-hybridized carbons (Fsp3) is 0.400. The summed E-state index contributed by atoms with van der Waals surface area (Å²) in [5, 5.41) is 25.9. The lowest BCUT2D eigenvalue weighted by atomic mass is 10.0. The molecule has 0 aromatic heterocycles. The smallest absolute Gasteiger partial charge is 0.336 e. The van der Waals surface area contributed by atoms with Crippen molar-refractivity contribution in [1.29, 1.82) is 0 Å². The quantitative estimate of drug-likeness (QED) is 0.737. The molecule has 0 spiro atoms. The maximum absolute atomic E-state index is 10.6. The van der Waals surface area contributed by atoms with Gasteiger partial charge >= 0.3 is 17.9 Å². The van der Waals surface area contributed by atoms with E-state index >= 15 is 0 Å². The molecule has 0 amide bonds. The van der Waals surface area contributed by atoms with Crippen LogP contribution >= 0.6 is 0 Å². The van der Waals surface area contributed by atoms with E-state index in [0.29, 0.717) is 0 Å². The molecule has 0 radical (unpaired) electrons. The Bertz CT molecular complexity index is 531. The summed E-state index contributed by atoms with van der Waals surface area (Å²) in [7, 11) is 0. The molecule has 0 saturated heterocycles. The van der Waals surface area contributed by atoms with Crippen LogP contribution in [0, 0.1) is 0 Å². The van der Waals surface area contributed by atoms with Crippen molar-refractivity contribution < 1.29 is 29.7 Å². The first-order chi connectivity index (χ1) is 10.3. The second-order valence-electron chi connectivity index (χ2n) is 4.30. The number of rotatable bonds is 6. The Balaban J connectivity index is 0.000000534. The lowest BCUT2D eigenvalue weighted by molar-refractivity contribution is 0.0649. The lowest BCUT2D eigenvalue weighted by Crippen LogP contribution is -2.21. The standard InChI is InChI=1S/C9H6O6.C6H15N/c10-7(11)4-1-2-5(8(12)13)6(3-4)9(14)15;1-4-7(5-2)6-3/h1-3H,(H,10,11)(H,12,13)(H,14,15);4-6H2,1-3H3. The van der Waals surface area contributed by atoms with Gasteiger partial charge in [-0.1, -0.05) is 20.8 Å². The van der Waals surface area contributed by atoms with Crippen LogP contribution < -0.4 is 0 Å². The van der Waals surface area contributed by atoms with E-state index in [1.54, 1.807) is 0 Å². The SMILES string of the molecule is CCN(CC)CC.O=C(O)c1ccc(C(=O)O)c(C(=O)O)c1. The maximum Gasteiger partial charge on any atom is 0.336 e. The predicted octanol–water partition coefficient (Wildman–Crippen LogP) is 2.13.